The van der Waals surface area contributed by atoms with Gasteiger partial charge in [-0.3, -0.25) is 13.9 Å². The highest BCUT2D eigenvalue weighted by Crippen LogP contribution is 2.27. The van der Waals surface area contributed by atoms with Crippen LogP contribution in [-0.4, -0.2) is 37.0 Å². The third-order valence-electron chi connectivity index (χ3n) is 5.27. The average molecular weight is 456 g/mol. The van der Waals surface area contributed by atoms with Crippen LogP contribution in [0, 0.1) is 0 Å². The number of aromatic nitrogens is 4. The highest BCUT2D eigenvalue weighted by molar-refractivity contribution is 5.77. The van der Waals surface area contributed by atoms with Gasteiger partial charge in [-0.15, -0.1) is 0 Å². The van der Waals surface area contributed by atoms with Crippen molar-refractivity contribution in [1.82, 2.24) is 18.7 Å². The van der Waals surface area contributed by atoms with E-state index in [1.54, 1.807) is 16.7 Å². The lowest BCUT2D eigenvalue weighted by molar-refractivity contribution is -0.0498. The number of imidazole rings is 1. The Kier molecular flexibility index (Phi) is 6.36. The fourth-order valence-electron chi connectivity index (χ4n) is 3.75. The van der Waals surface area contributed by atoms with Crippen molar-refractivity contribution in [1.29, 1.82) is 0 Å². The van der Waals surface area contributed by atoms with E-state index in [0.29, 0.717) is 11.4 Å². The van der Waals surface area contributed by atoms with Gasteiger partial charge >= 0.3 is 12.3 Å². The van der Waals surface area contributed by atoms with Crippen molar-refractivity contribution in [3.05, 3.63) is 81.0 Å². The lowest BCUT2D eigenvalue weighted by Gasteiger charge is -2.12. The molecule has 0 aliphatic carbocycles. The molecule has 2 aromatic heterocycles. The highest BCUT2D eigenvalue weighted by Gasteiger charge is 2.22. The summed E-state index contributed by atoms with van der Waals surface area (Å²) in [6.07, 6.45) is 0.243. The van der Waals surface area contributed by atoms with E-state index in [-0.39, 0.29) is 43.0 Å². The number of aliphatic hydroxyl groups excluding tert-OH is 1. The SMILES string of the molecule is Cn1c(=O)n(CCCO)c(=O)c2c1nc(-c1cccc(OC(F)F)c1)n2Cc1ccccc1. The molecule has 0 bridgehead atoms. The summed E-state index contributed by atoms with van der Waals surface area (Å²) < 4.78 is 34.0. The standard InChI is InChI=1S/C23H22F2N4O4/c1-27-20-18(21(31)28(23(27)32)11-6-12-30)29(14-15-7-3-2-4-8-15)19(26-20)16-9-5-10-17(13-16)33-22(24)25/h2-5,7-10,13,22,30H,6,11-12,14H2,1H3. The Morgan fingerprint density at radius 1 is 1.06 bits per heavy atom. The average Bonchev–Trinajstić information content (AvgIpc) is 3.17. The smallest absolute Gasteiger partial charge is 0.387 e. The first-order chi connectivity index (χ1) is 15.9. The molecule has 4 aromatic rings. The van der Waals surface area contributed by atoms with Crippen molar-refractivity contribution in [2.45, 2.75) is 26.1 Å². The van der Waals surface area contributed by atoms with Gasteiger partial charge in [-0.2, -0.15) is 8.78 Å². The van der Waals surface area contributed by atoms with Crippen LogP contribution in [0.15, 0.2) is 64.2 Å². The van der Waals surface area contributed by atoms with Gasteiger partial charge in [-0.25, -0.2) is 9.78 Å². The van der Waals surface area contributed by atoms with Crippen LogP contribution in [0.5, 0.6) is 5.75 Å². The molecule has 8 nitrogen and oxygen atoms in total. The van der Waals surface area contributed by atoms with Gasteiger partial charge in [0.25, 0.3) is 5.56 Å². The van der Waals surface area contributed by atoms with Crippen LogP contribution in [-0.2, 0) is 20.1 Å². The summed E-state index contributed by atoms with van der Waals surface area (Å²) in [7, 11) is 1.51. The first kappa shape index (κ1) is 22.4. The third-order valence-corrected chi connectivity index (χ3v) is 5.27. The Morgan fingerprint density at radius 3 is 2.52 bits per heavy atom. The third kappa shape index (κ3) is 4.42. The summed E-state index contributed by atoms with van der Waals surface area (Å²) in [5, 5.41) is 9.18. The second kappa shape index (κ2) is 9.37. The number of rotatable bonds is 8. The summed E-state index contributed by atoms with van der Waals surface area (Å²) in [6.45, 7) is -2.83. The van der Waals surface area contributed by atoms with Crippen LogP contribution >= 0.6 is 0 Å². The molecule has 2 aromatic carbocycles. The van der Waals surface area contributed by atoms with E-state index < -0.39 is 17.9 Å². The number of ether oxygens (including phenoxy) is 1. The molecule has 2 heterocycles. The fraction of sp³-hybridized carbons (Fsp3) is 0.261. The minimum Gasteiger partial charge on any atom is -0.435 e. The molecular formula is C23H22F2N4O4. The molecule has 0 saturated carbocycles. The lowest BCUT2D eigenvalue weighted by Crippen LogP contribution is -2.39. The summed E-state index contributed by atoms with van der Waals surface area (Å²) >= 11 is 0. The maximum absolute atomic E-state index is 13.4. The van der Waals surface area contributed by atoms with Gasteiger partial charge in [-0.1, -0.05) is 42.5 Å². The van der Waals surface area contributed by atoms with Crippen LogP contribution in [0.3, 0.4) is 0 Å². The van der Waals surface area contributed by atoms with E-state index in [9.17, 15) is 23.5 Å². The van der Waals surface area contributed by atoms with Crippen LogP contribution in [0.4, 0.5) is 8.78 Å². The lowest BCUT2D eigenvalue weighted by atomic mass is 10.2. The van der Waals surface area contributed by atoms with Crippen LogP contribution in [0.1, 0.15) is 12.0 Å². The van der Waals surface area contributed by atoms with Crippen molar-refractivity contribution in [2.24, 2.45) is 7.05 Å². The van der Waals surface area contributed by atoms with Crippen molar-refractivity contribution >= 4 is 11.2 Å². The second-order valence-electron chi connectivity index (χ2n) is 7.46. The molecule has 0 radical (unpaired) electrons. The number of alkyl halides is 2. The summed E-state index contributed by atoms with van der Waals surface area (Å²) in [5.74, 6) is 0.288. The Morgan fingerprint density at radius 2 is 1.82 bits per heavy atom. The first-order valence-corrected chi connectivity index (χ1v) is 10.3. The van der Waals surface area contributed by atoms with Gasteiger partial charge in [0, 0.05) is 32.3 Å². The molecule has 33 heavy (non-hydrogen) atoms. The Hall–Kier alpha value is -3.79. The molecule has 0 unspecified atom stereocenters. The molecule has 0 fully saturated rings. The second-order valence-corrected chi connectivity index (χ2v) is 7.46. The predicted molar refractivity (Wildman–Crippen MR) is 119 cm³/mol. The van der Waals surface area contributed by atoms with Crippen molar-refractivity contribution in [2.75, 3.05) is 6.61 Å². The molecule has 4 rings (SSSR count). The number of aryl methyl sites for hydroxylation is 1. The van der Waals surface area contributed by atoms with Crippen molar-refractivity contribution in [3.8, 4) is 17.1 Å². The maximum atomic E-state index is 13.4. The van der Waals surface area contributed by atoms with Crippen molar-refractivity contribution < 1.29 is 18.6 Å². The predicted octanol–water partition coefficient (Wildman–Crippen LogP) is 2.60. The number of hydrogen-bond acceptors (Lipinski definition) is 5. The normalized spacial score (nSPS) is 11.4. The molecule has 0 spiro atoms. The number of hydrogen-bond donors (Lipinski definition) is 1. The minimum atomic E-state index is -2.98. The Labute approximate surface area is 186 Å². The van der Waals surface area contributed by atoms with Gasteiger partial charge in [-0.05, 0) is 24.1 Å². The Balaban J connectivity index is 1.99. The summed E-state index contributed by atoms with van der Waals surface area (Å²) in [4.78, 5) is 30.7. The van der Waals surface area contributed by atoms with Crippen LogP contribution < -0.4 is 16.0 Å². The van der Waals surface area contributed by atoms with E-state index in [2.05, 4.69) is 9.72 Å². The summed E-state index contributed by atoms with van der Waals surface area (Å²) in [5.41, 5.74) is 0.635. The molecular weight excluding hydrogens is 434 g/mol. The van der Waals surface area contributed by atoms with Gasteiger partial charge in [0.15, 0.2) is 11.2 Å². The van der Waals surface area contributed by atoms with E-state index >= 15 is 0 Å². The molecule has 1 N–H and O–H groups in total. The minimum absolute atomic E-state index is 0.0462. The first-order valence-electron chi connectivity index (χ1n) is 10.3. The quantitative estimate of drug-likeness (QED) is 0.440. The van der Waals surface area contributed by atoms with Crippen LogP contribution in [0.2, 0.25) is 0 Å². The fourth-order valence-corrected chi connectivity index (χ4v) is 3.75. The summed E-state index contributed by atoms with van der Waals surface area (Å²) in [6, 6.07) is 15.4. The number of nitrogens with zero attached hydrogens (tertiary/aromatic N) is 4. The molecule has 0 aliphatic heterocycles. The molecule has 0 amide bonds. The number of benzene rings is 2. The zero-order valence-electron chi connectivity index (χ0n) is 17.8. The topological polar surface area (TPSA) is 91.3 Å². The molecule has 0 aliphatic rings. The van der Waals surface area contributed by atoms with Gasteiger partial charge in [0.05, 0.1) is 0 Å². The number of halogens is 2. The molecule has 0 atom stereocenters. The van der Waals surface area contributed by atoms with E-state index in [4.69, 9.17) is 0 Å². The highest BCUT2D eigenvalue weighted by atomic mass is 19.3. The van der Waals surface area contributed by atoms with Gasteiger partial charge in [0.2, 0.25) is 0 Å². The number of fused-ring (bicyclic) bond motifs is 1. The zero-order valence-corrected chi connectivity index (χ0v) is 17.8. The van der Waals surface area contributed by atoms with Crippen molar-refractivity contribution in [3.63, 3.8) is 0 Å². The van der Waals surface area contributed by atoms with Gasteiger partial charge < -0.3 is 14.4 Å². The van der Waals surface area contributed by atoms with Crippen LogP contribution in [0.25, 0.3) is 22.6 Å². The molecule has 172 valence electrons. The van der Waals surface area contributed by atoms with Gasteiger partial charge in [0.1, 0.15) is 11.6 Å². The Bertz CT molecular complexity index is 1390. The monoisotopic (exact) mass is 456 g/mol. The van der Waals surface area contributed by atoms with E-state index in [1.165, 1.54) is 23.7 Å². The maximum Gasteiger partial charge on any atom is 0.387 e. The van der Waals surface area contributed by atoms with E-state index in [0.717, 1.165) is 10.1 Å². The molecule has 10 heteroatoms. The largest absolute Gasteiger partial charge is 0.435 e. The number of aliphatic hydroxyl groups is 1. The van der Waals surface area contributed by atoms with E-state index in [1.807, 2.05) is 30.3 Å². The zero-order chi connectivity index (χ0) is 23.5. The molecule has 0 saturated heterocycles.